The van der Waals surface area contributed by atoms with E-state index in [1.54, 1.807) is 30.3 Å². The molecule has 0 fully saturated rings. The van der Waals surface area contributed by atoms with Crippen molar-refractivity contribution in [2.24, 2.45) is 0 Å². The minimum atomic E-state index is -0.538. The topological polar surface area (TPSA) is 81.4 Å². The predicted octanol–water partition coefficient (Wildman–Crippen LogP) is 5.61. The summed E-state index contributed by atoms with van der Waals surface area (Å²) in [6.45, 7) is 5.43. The molecular weight excluding hydrogens is 419 g/mol. The van der Waals surface area contributed by atoms with E-state index < -0.39 is 11.6 Å². The molecule has 0 aromatic heterocycles. The van der Waals surface area contributed by atoms with Crippen LogP contribution >= 0.6 is 0 Å². The molecule has 3 aromatic carbocycles. The number of hydrogen-bond donors (Lipinski definition) is 2. The summed E-state index contributed by atoms with van der Waals surface area (Å²) in [5, 5.41) is 2.82. The molecule has 170 valence electrons. The van der Waals surface area contributed by atoms with E-state index in [4.69, 9.17) is 10.5 Å². The molecule has 0 heterocycles. The van der Waals surface area contributed by atoms with E-state index in [0.717, 1.165) is 22.3 Å². The van der Waals surface area contributed by atoms with Gasteiger partial charge >= 0.3 is 5.97 Å². The molecule has 3 N–H and O–H groups in total. The second-order valence-electron chi connectivity index (χ2n) is 8.64. The molecule has 3 rings (SSSR count). The minimum Gasteiger partial charge on any atom is -0.457 e. The van der Waals surface area contributed by atoms with Gasteiger partial charge < -0.3 is 15.8 Å². The quantitative estimate of drug-likeness (QED) is 0.293. The van der Waals surface area contributed by atoms with E-state index >= 15 is 0 Å². The van der Waals surface area contributed by atoms with Gasteiger partial charge in [0.25, 0.3) is 0 Å². The average molecular weight is 447 g/mol. The first-order valence-corrected chi connectivity index (χ1v) is 10.5. The first kappa shape index (κ1) is 23.7. The van der Waals surface area contributed by atoms with Gasteiger partial charge in [0.1, 0.15) is 11.4 Å². The van der Waals surface area contributed by atoms with Crippen LogP contribution in [-0.4, -0.2) is 17.5 Å². The van der Waals surface area contributed by atoms with Gasteiger partial charge in [-0.15, -0.1) is 0 Å². The summed E-state index contributed by atoms with van der Waals surface area (Å²) >= 11 is 0. The highest BCUT2D eigenvalue weighted by Gasteiger charge is 2.14. The summed E-state index contributed by atoms with van der Waals surface area (Å²) < 4.78 is 18.4. The Bertz CT molecular complexity index is 1160. The third kappa shape index (κ3) is 7.31. The number of halogens is 1. The number of nitrogen functional groups attached to an aromatic ring is 1. The van der Waals surface area contributed by atoms with E-state index in [1.807, 2.05) is 51.1 Å². The molecule has 33 heavy (non-hydrogen) atoms. The normalized spacial score (nSPS) is 11.4. The number of benzene rings is 3. The monoisotopic (exact) mass is 446 g/mol. The molecule has 6 heteroatoms. The van der Waals surface area contributed by atoms with Crippen LogP contribution < -0.4 is 11.1 Å². The highest BCUT2D eigenvalue weighted by Crippen LogP contribution is 2.27. The minimum absolute atomic E-state index is 0.176. The molecule has 0 unspecified atom stereocenters. The van der Waals surface area contributed by atoms with Crippen molar-refractivity contribution in [3.63, 3.8) is 0 Å². The molecule has 0 aliphatic carbocycles. The van der Waals surface area contributed by atoms with Crippen LogP contribution in [0.25, 0.3) is 17.2 Å². The van der Waals surface area contributed by atoms with E-state index in [-0.39, 0.29) is 18.1 Å². The fourth-order valence-electron chi connectivity index (χ4n) is 3.12. The average Bonchev–Trinajstić information content (AvgIpc) is 2.74. The highest BCUT2D eigenvalue weighted by atomic mass is 19.1. The lowest BCUT2D eigenvalue weighted by Crippen LogP contribution is -2.22. The molecule has 3 aromatic rings. The fourth-order valence-corrected chi connectivity index (χ4v) is 3.12. The van der Waals surface area contributed by atoms with Crippen LogP contribution in [0, 0.1) is 5.82 Å². The third-order valence-corrected chi connectivity index (χ3v) is 4.67. The molecular formula is C27H27FN2O3. The molecule has 0 atom stereocenters. The van der Waals surface area contributed by atoms with Gasteiger partial charge in [-0.2, -0.15) is 0 Å². The van der Waals surface area contributed by atoms with Crippen molar-refractivity contribution in [2.75, 3.05) is 11.1 Å². The molecule has 0 spiro atoms. The molecule has 0 saturated carbocycles. The zero-order chi connectivity index (χ0) is 24.0. The second kappa shape index (κ2) is 10.1. The van der Waals surface area contributed by atoms with E-state index in [0.29, 0.717) is 11.4 Å². The van der Waals surface area contributed by atoms with Gasteiger partial charge in [0.15, 0.2) is 0 Å². The Hall–Kier alpha value is -3.93. The van der Waals surface area contributed by atoms with Crippen LogP contribution in [0.2, 0.25) is 0 Å². The van der Waals surface area contributed by atoms with Gasteiger partial charge in [0.2, 0.25) is 5.91 Å². The van der Waals surface area contributed by atoms with E-state index in [2.05, 4.69) is 5.32 Å². The Labute approximate surface area is 193 Å². The first-order chi connectivity index (χ1) is 15.6. The number of carbonyl (C=O) groups excluding carboxylic acids is 2. The molecule has 1 amide bonds. The number of esters is 1. The lowest BCUT2D eigenvalue weighted by molar-refractivity contribution is -0.148. The van der Waals surface area contributed by atoms with Crippen LogP contribution in [0.5, 0.6) is 0 Å². The Morgan fingerprint density at radius 2 is 1.61 bits per heavy atom. The van der Waals surface area contributed by atoms with Crippen molar-refractivity contribution >= 4 is 29.3 Å². The number of anilines is 2. The van der Waals surface area contributed by atoms with Gasteiger partial charge in [0.05, 0.1) is 17.8 Å². The number of nitrogens with two attached hydrogens (primary N) is 1. The number of hydrogen-bond acceptors (Lipinski definition) is 4. The molecule has 0 bridgehead atoms. The molecule has 0 saturated heterocycles. The maximum Gasteiger partial charge on any atom is 0.331 e. The summed E-state index contributed by atoms with van der Waals surface area (Å²) in [6.07, 6.45) is 3.22. The maximum atomic E-state index is 13.1. The Balaban J connectivity index is 1.58. The van der Waals surface area contributed by atoms with Crippen LogP contribution in [0.1, 0.15) is 31.9 Å². The molecule has 0 aliphatic rings. The lowest BCUT2D eigenvalue weighted by Gasteiger charge is -2.17. The zero-order valence-corrected chi connectivity index (χ0v) is 18.9. The van der Waals surface area contributed by atoms with Crippen LogP contribution in [0.3, 0.4) is 0 Å². The third-order valence-electron chi connectivity index (χ3n) is 4.67. The van der Waals surface area contributed by atoms with Crippen molar-refractivity contribution in [3.8, 4) is 11.1 Å². The summed E-state index contributed by atoms with van der Waals surface area (Å²) in [7, 11) is 0. The van der Waals surface area contributed by atoms with Crippen molar-refractivity contribution in [1.82, 2.24) is 0 Å². The van der Waals surface area contributed by atoms with Crippen molar-refractivity contribution in [1.29, 1.82) is 0 Å². The van der Waals surface area contributed by atoms with Crippen molar-refractivity contribution in [2.45, 2.75) is 32.8 Å². The maximum absolute atomic E-state index is 13.1. The number of rotatable bonds is 6. The van der Waals surface area contributed by atoms with Crippen LogP contribution in [0.15, 0.2) is 72.8 Å². The van der Waals surface area contributed by atoms with Crippen LogP contribution in [-0.2, 0) is 20.7 Å². The smallest absolute Gasteiger partial charge is 0.331 e. The Kier molecular flexibility index (Phi) is 7.28. The summed E-state index contributed by atoms with van der Waals surface area (Å²) in [4.78, 5) is 24.2. The molecule has 0 aliphatic heterocycles. The van der Waals surface area contributed by atoms with Crippen LogP contribution in [0.4, 0.5) is 15.8 Å². The Morgan fingerprint density at radius 3 is 2.21 bits per heavy atom. The standard InChI is InChI=1S/C27H27FN2O3/c1-27(2,3)33-26(32)15-8-18-4-6-19(7-5-18)16-25(31)30-24-14-11-21(17-23(24)29)20-9-12-22(28)13-10-20/h4-15,17H,16,29H2,1-3H3,(H,30,31)/b15-8+. The number of nitrogens with one attached hydrogen (secondary N) is 1. The zero-order valence-electron chi connectivity index (χ0n) is 18.9. The highest BCUT2D eigenvalue weighted by molar-refractivity contribution is 5.96. The van der Waals surface area contributed by atoms with Gasteiger partial charge in [0, 0.05) is 6.08 Å². The lowest BCUT2D eigenvalue weighted by atomic mass is 10.0. The van der Waals surface area contributed by atoms with Gasteiger partial charge in [-0.05, 0) is 73.4 Å². The van der Waals surface area contributed by atoms with E-state index in [1.165, 1.54) is 18.2 Å². The Morgan fingerprint density at radius 1 is 0.970 bits per heavy atom. The fraction of sp³-hybridized carbons (Fsp3) is 0.185. The molecule has 0 radical (unpaired) electrons. The molecule has 5 nitrogen and oxygen atoms in total. The summed E-state index contributed by atoms with van der Waals surface area (Å²) in [5.74, 6) is -0.912. The van der Waals surface area contributed by atoms with E-state index in [9.17, 15) is 14.0 Å². The number of carbonyl (C=O) groups is 2. The summed E-state index contributed by atoms with van der Waals surface area (Å²) in [6, 6.07) is 18.7. The second-order valence-corrected chi connectivity index (χ2v) is 8.64. The van der Waals surface area contributed by atoms with Crippen molar-refractivity contribution < 1.29 is 18.7 Å². The number of amides is 1. The summed E-state index contributed by atoms with van der Waals surface area (Å²) in [5.41, 5.74) is 9.83. The number of ether oxygens (including phenoxy) is 1. The van der Waals surface area contributed by atoms with Gasteiger partial charge in [-0.3, -0.25) is 4.79 Å². The predicted molar refractivity (Wildman–Crippen MR) is 130 cm³/mol. The van der Waals surface area contributed by atoms with Crippen molar-refractivity contribution in [3.05, 3.63) is 89.8 Å². The van der Waals surface area contributed by atoms with Gasteiger partial charge in [-0.25, -0.2) is 9.18 Å². The first-order valence-electron chi connectivity index (χ1n) is 10.5. The largest absolute Gasteiger partial charge is 0.457 e. The SMILES string of the molecule is CC(C)(C)OC(=O)/C=C/c1ccc(CC(=O)Nc2ccc(-c3ccc(F)cc3)cc2N)cc1. The van der Waals surface area contributed by atoms with Gasteiger partial charge in [-0.1, -0.05) is 42.5 Å².